The molecule has 1 aliphatic heterocycles. The highest BCUT2D eigenvalue weighted by molar-refractivity contribution is 5.88. The van der Waals surface area contributed by atoms with E-state index in [0.717, 1.165) is 11.5 Å². The minimum absolute atomic E-state index is 0.321. The van der Waals surface area contributed by atoms with Gasteiger partial charge in [-0.05, 0) is 34.4 Å². The third-order valence-electron chi connectivity index (χ3n) is 5.75. The van der Waals surface area contributed by atoms with Crippen LogP contribution in [0.3, 0.4) is 0 Å². The van der Waals surface area contributed by atoms with Gasteiger partial charge in [0, 0.05) is 11.1 Å². The molecule has 1 heteroatoms. The molecular weight excluding hydrogens is 316 g/mol. The molecule has 0 aromatic heterocycles. The lowest BCUT2D eigenvalue weighted by molar-refractivity contribution is 0.436. The molecule has 4 aromatic carbocycles. The Morgan fingerprint density at radius 3 is 1.31 bits per heavy atom. The van der Waals surface area contributed by atoms with E-state index in [1.165, 1.54) is 33.4 Å². The molecule has 0 saturated carbocycles. The van der Waals surface area contributed by atoms with Gasteiger partial charge in [-0.1, -0.05) is 84.9 Å². The fourth-order valence-electron chi connectivity index (χ4n) is 4.81. The lowest BCUT2D eigenvalue weighted by Gasteiger charge is -2.39. The molecule has 1 nitrogen and oxygen atoms in total. The number of para-hydroxylation sites is 2. The van der Waals surface area contributed by atoms with Crippen LogP contribution in [0.2, 0.25) is 0 Å². The van der Waals surface area contributed by atoms with Crippen LogP contribution in [-0.2, 0) is 5.41 Å². The summed E-state index contributed by atoms with van der Waals surface area (Å²) in [7, 11) is 0. The zero-order chi connectivity index (χ0) is 17.1. The van der Waals surface area contributed by atoms with Crippen LogP contribution < -0.4 is 4.74 Å². The van der Waals surface area contributed by atoms with Crippen molar-refractivity contribution in [3.05, 3.63) is 119 Å². The Balaban J connectivity index is 1.87. The molecule has 0 saturated heterocycles. The lowest BCUT2D eigenvalue weighted by Crippen LogP contribution is -2.32. The molecule has 0 fully saturated rings. The van der Waals surface area contributed by atoms with E-state index in [1.54, 1.807) is 0 Å². The van der Waals surface area contributed by atoms with Crippen molar-refractivity contribution < 1.29 is 4.74 Å². The Hall–Kier alpha value is -3.32. The summed E-state index contributed by atoms with van der Waals surface area (Å²) in [4.78, 5) is 0. The predicted molar refractivity (Wildman–Crippen MR) is 104 cm³/mol. The third kappa shape index (κ3) is 1.52. The van der Waals surface area contributed by atoms with Gasteiger partial charge in [0.2, 0.25) is 0 Å². The van der Waals surface area contributed by atoms with Crippen LogP contribution in [0.4, 0.5) is 0 Å². The largest absolute Gasteiger partial charge is 0.457 e. The van der Waals surface area contributed by atoms with E-state index < -0.39 is 0 Å². The number of ether oxygens (including phenoxy) is 1. The Bertz CT molecular complexity index is 1080. The first-order chi connectivity index (χ1) is 12.9. The van der Waals surface area contributed by atoms with Gasteiger partial charge < -0.3 is 4.74 Å². The van der Waals surface area contributed by atoms with Crippen molar-refractivity contribution in [2.24, 2.45) is 0 Å². The van der Waals surface area contributed by atoms with E-state index >= 15 is 0 Å². The molecule has 0 N–H and O–H groups in total. The summed E-state index contributed by atoms with van der Waals surface area (Å²) >= 11 is 0. The predicted octanol–water partition coefficient (Wildman–Crippen LogP) is 6.16. The smallest absolute Gasteiger partial charge is 0.132 e. The summed E-state index contributed by atoms with van der Waals surface area (Å²) in [5.41, 5.74) is 7.42. The van der Waals surface area contributed by atoms with Gasteiger partial charge in [0.25, 0.3) is 0 Å². The summed E-state index contributed by atoms with van der Waals surface area (Å²) in [6, 6.07) is 34.5. The molecule has 4 aromatic rings. The maximum absolute atomic E-state index is 6.29. The molecule has 26 heavy (non-hydrogen) atoms. The first-order valence-electron chi connectivity index (χ1n) is 8.97. The topological polar surface area (TPSA) is 9.23 Å². The second-order valence-corrected chi connectivity index (χ2v) is 6.94. The second kappa shape index (κ2) is 4.86. The molecular formula is C25H16O. The van der Waals surface area contributed by atoms with E-state index in [-0.39, 0.29) is 5.41 Å². The molecule has 6 rings (SSSR count). The van der Waals surface area contributed by atoms with Crippen LogP contribution in [-0.4, -0.2) is 0 Å². The zero-order valence-electron chi connectivity index (χ0n) is 14.1. The Morgan fingerprint density at radius 1 is 0.423 bits per heavy atom. The lowest BCUT2D eigenvalue weighted by atomic mass is 9.66. The number of rotatable bonds is 0. The Labute approximate surface area is 152 Å². The van der Waals surface area contributed by atoms with Crippen LogP contribution >= 0.6 is 0 Å². The molecule has 122 valence electrons. The maximum Gasteiger partial charge on any atom is 0.132 e. The number of hydrogen-bond donors (Lipinski definition) is 0. The Morgan fingerprint density at radius 2 is 0.808 bits per heavy atom. The summed E-state index contributed by atoms with van der Waals surface area (Å²) in [6.45, 7) is 0. The van der Waals surface area contributed by atoms with Crippen LogP contribution in [0.25, 0.3) is 11.1 Å². The first-order valence-corrected chi connectivity index (χ1v) is 8.97. The Kier molecular flexibility index (Phi) is 2.60. The van der Waals surface area contributed by atoms with Gasteiger partial charge in [0.15, 0.2) is 0 Å². The van der Waals surface area contributed by atoms with Crippen molar-refractivity contribution in [3.8, 4) is 22.6 Å². The van der Waals surface area contributed by atoms with Gasteiger partial charge in [-0.15, -0.1) is 0 Å². The molecule has 0 atom stereocenters. The SMILES string of the molecule is c1ccc2c(c1)Oc1ccccc1C21c2ccccc2-c2ccccc21. The molecule has 0 radical (unpaired) electrons. The summed E-state index contributed by atoms with van der Waals surface area (Å²) in [6.07, 6.45) is 0. The maximum atomic E-state index is 6.29. The van der Waals surface area contributed by atoms with Crippen molar-refractivity contribution in [1.29, 1.82) is 0 Å². The summed E-state index contributed by atoms with van der Waals surface area (Å²) < 4.78 is 6.29. The van der Waals surface area contributed by atoms with Gasteiger partial charge >= 0.3 is 0 Å². The van der Waals surface area contributed by atoms with Gasteiger partial charge in [-0.25, -0.2) is 0 Å². The van der Waals surface area contributed by atoms with Gasteiger partial charge in [0.05, 0.1) is 5.41 Å². The minimum atomic E-state index is -0.321. The molecule has 1 aliphatic carbocycles. The highest BCUT2D eigenvalue weighted by atomic mass is 16.5. The van der Waals surface area contributed by atoms with E-state index in [4.69, 9.17) is 4.74 Å². The highest BCUT2D eigenvalue weighted by Crippen LogP contribution is 2.61. The van der Waals surface area contributed by atoms with Crippen LogP contribution in [0, 0.1) is 0 Å². The molecule has 0 unspecified atom stereocenters. The highest BCUT2D eigenvalue weighted by Gasteiger charge is 2.50. The van der Waals surface area contributed by atoms with Crippen molar-refractivity contribution in [1.82, 2.24) is 0 Å². The van der Waals surface area contributed by atoms with E-state index in [1.807, 2.05) is 12.1 Å². The average Bonchev–Trinajstić information content (AvgIpc) is 3.00. The van der Waals surface area contributed by atoms with Gasteiger partial charge in [-0.2, -0.15) is 0 Å². The summed E-state index contributed by atoms with van der Waals surface area (Å²) in [5, 5.41) is 0. The van der Waals surface area contributed by atoms with Crippen molar-refractivity contribution in [2.45, 2.75) is 5.41 Å². The molecule has 0 bridgehead atoms. The van der Waals surface area contributed by atoms with Crippen LogP contribution in [0.15, 0.2) is 97.1 Å². The molecule has 1 spiro atoms. The standard InChI is InChI=1S/C25H16O/c1-3-11-19-17(9-1)18-10-2-4-12-20(18)25(19)21-13-5-7-15-23(21)26-24-16-8-6-14-22(24)25/h1-16H. The monoisotopic (exact) mass is 332 g/mol. The molecule has 1 heterocycles. The van der Waals surface area contributed by atoms with Gasteiger partial charge in [0.1, 0.15) is 11.5 Å². The number of fused-ring (bicyclic) bond motifs is 9. The van der Waals surface area contributed by atoms with Crippen LogP contribution in [0.1, 0.15) is 22.3 Å². The number of hydrogen-bond acceptors (Lipinski definition) is 1. The zero-order valence-corrected chi connectivity index (χ0v) is 14.1. The van der Waals surface area contributed by atoms with Crippen molar-refractivity contribution >= 4 is 0 Å². The fraction of sp³-hybridized carbons (Fsp3) is 0.0400. The third-order valence-corrected chi connectivity index (χ3v) is 5.75. The number of benzene rings is 4. The van der Waals surface area contributed by atoms with Gasteiger partial charge in [-0.3, -0.25) is 0 Å². The van der Waals surface area contributed by atoms with E-state index in [0.29, 0.717) is 0 Å². The average molecular weight is 332 g/mol. The first kappa shape index (κ1) is 13.9. The van der Waals surface area contributed by atoms with E-state index in [9.17, 15) is 0 Å². The van der Waals surface area contributed by atoms with Crippen molar-refractivity contribution in [3.63, 3.8) is 0 Å². The second-order valence-electron chi connectivity index (χ2n) is 6.94. The van der Waals surface area contributed by atoms with Crippen LogP contribution in [0.5, 0.6) is 11.5 Å². The fourth-order valence-corrected chi connectivity index (χ4v) is 4.81. The normalized spacial score (nSPS) is 14.8. The van der Waals surface area contributed by atoms with Crippen molar-refractivity contribution in [2.75, 3.05) is 0 Å². The summed E-state index contributed by atoms with van der Waals surface area (Å²) in [5.74, 6) is 1.88. The molecule has 0 amide bonds. The quantitative estimate of drug-likeness (QED) is 0.324. The molecule has 2 aliphatic rings. The van der Waals surface area contributed by atoms with E-state index in [2.05, 4.69) is 84.9 Å². The minimum Gasteiger partial charge on any atom is -0.457 e.